The molecule has 1 unspecified atom stereocenters. The highest BCUT2D eigenvalue weighted by Crippen LogP contribution is 2.37. The highest BCUT2D eigenvalue weighted by molar-refractivity contribution is 5.66. The molecule has 3 rings (SSSR count). The van der Waals surface area contributed by atoms with E-state index in [1.165, 1.54) is 24.3 Å². The minimum Gasteiger partial charge on any atom is -0.203 e. The third-order valence-electron chi connectivity index (χ3n) is 5.76. The van der Waals surface area contributed by atoms with Crippen LogP contribution in [0.25, 0.3) is 11.1 Å². The maximum absolute atomic E-state index is 14.8. The van der Waals surface area contributed by atoms with Gasteiger partial charge in [-0.3, -0.25) is 0 Å². The van der Waals surface area contributed by atoms with Gasteiger partial charge in [0.05, 0.1) is 0 Å². The van der Waals surface area contributed by atoms with Crippen LogP contribution in [0.15, 0.2) is 48.6 Å². The van der Waals surface area contributed by atoms with Crippen LogP contribution in [-0.2, 0) is 6.42 Å². The maximum Gasteiger partial charge on any atom is 0.167 e. The fourth-order valence-corrected chi connectivity index (χ4v) is 3.97. The number of benzene rings is 2. The van der Waals surface area contributed by atoms with Crippen LogP contribution in [0.2, 0.25) is 0 Å². The van der Waals surface area contributed by atoms with Crippen molar-refractivity contribution < 1.29 is 17.6 Å². The number of hydrogen-bond donors (Lipinski definition) is 0. The minimum atomic E-state index is -1.13. The fourth-order valence-electron chi connectivity index (χ4n) is 3.97. The number of halogens is 4. The molecule has 0 aromatic heterocycles. The predicted molar refractivity (Wildman–Crippen MR) is 110 cm³/mol. The number of unbranched alkanes of at least 4 members (excludes halogenated alkanes) is 2. The van der Waals surface area contributed by atoms with E-state index in [2.05, 4.69) is 6.58 Å². The second-order valence-corrected chi connectivity index (χ2v) is 7.64. The highest BCUT2D eigenvalue weighted by Gasteiger charge is 2.24. The summed E-state index contributed by atoms with van der Waals surface area (Å²) in [5.41, 5.74) is 1.16. The van der Waals surface area contributed by atoms with Gasteiger partial charge < -0.3 is 0 Å². The molecule has 1 aliphatic carbocycles. The minimum absolute atomic E-state index is 0.134. The van der Waals surface area contributed by atoms with Gasteiger partial charge in [0, 0.05) is 11.1 Å². The van der Waals surface area contributed by atoms with Crippen LogP contribution in [0.5, 0.6) is 0 Å². The average molecular weight is 402 g/mol. The summed E-state index contributed by atoms with van der Waals surface area (Å²) in [7, 11) is 0. The molecule has 1 atom stereocenters. The molecule has 0 saturated carbocycles. The molecule has 1 aliphatic rings. The molecule has 2 aromatic rings. The summed E-state index contributed by atoms with van der Waals surface area (Å²) < 4.78 is 58.7. The Kier molecular flexibility index (Phi) is 6.94. The van der Waals surface area contributed by atoms with Gasteiger partial charge in [-0.2, -0.15) is 0 Å². The van der Waals surface area contributed by atoms with Crippen molar-refractivity contribution in [3.8, 4) is 11.1 Å². The molecule has 0 nitrogen and oxygen atoms in total. The summed E-state index contributed by atoms with van der Waals surface area (Å²) in [5.74, 6) is -4.34. The predicted octanol–water partition coefficient (Wildman–Crippen LogP) is 8.02. The van der Waals surface area contributed by atoms with Crippen molar-refractivity contribution in [2.24, 2.45) is 0 Å². The van der Waals surface area contributed by atoms with Crippen molar-refractivity contribution in [3.63, 3.8) is 0 Å². The van der Waals surface area contributed by atoms with E-state index in [0.717, 1.165) is 31.3 Å². The van der Waals surface area contributed by atoms with Crippen LogP contribution in [0.4, 0.5) is 17.6 Å². The van der Waals surface area contributed by atoms with Crippen LogP contribution in [-0.4, -0.2) is 0 Å². The standard InChI is InChI=1S/C25H26F4/c1-3-5-6-7-18-12-13-20(24(28)22(18)26)21-15-14-19(23(27)25(21)29)17-10-8-16(4-2)9-11-17/h4,8,12-15,17H,2-3,5-7,9-11H2,1H3. The molecule has 0 fully saturated rings. The van der Waals surface area contributed by atoms with Gasteiger partial charge in [-0.25, -0.2) is 17.6 Å². The lowest BCUT2D eigenvalue weighted by molar-refractivity contribution is 0.477. The van der Waals surface area contributed by atoms with Gasteiger partial charge in [0.1, 0.15) is 0 Å². The molecule has 2 aromatic carbocycles. The molecule has 0 heterocycles. The van der Waals surface area contributed by atoms with Gasteiger partial charge in [0.25, 0.3) is 0 Å². The van der Waals surface area contributed by atoms with Gasteiger partial charge >= 0.3 is 0 Å². The molecule has 29 heavy (non-hydrogen) atoms. The molecular formula is C25H26F4. The first kappa shape index (κ1) is 21.4. The van der Waals surface area contributed by atoms with E-state index < -0.39 is 23.3 Å². The van der Waals surface area contributed by atoms with Crippen LogP contribution >= 0.6 is 0 Å². The fraction of sp³-hybridized carbons (Fsp3) is 0.360. The molecule has 0 saturated heterocycles. The van der Waals surface area contributed by atoms with Crippen LogP contribution in [0.1, 0.15) is 62.5 Å². The summed E-state index contributed by atoms with van der Waals surface area (Å²) in [6.45, 7) is 5.76. The maximum atomic E-state index is 14.8. The van der Waals surface area contributed by atoms with Gasteiger partial charge in [0.2, 0.25) is 0 Å². The summed E-state index contributed by atoms with van der Waals surface area (Å²) in [6, 6.07) is 5.67. The Morgan fingerprint density at radius 3 is 2.24 bits per heavy atom. The van der Waals surface area contributed by atoms with Gasteiger partial charge in [0.15, 0.2) is 23.3 Å². The van der Waals surface area contributed by atoms with Crippen LogP contribution in [0.3, 0.4) is 0 Å². The van der Waals surface area contributed by atoms with Crippen molar-refractivity contribution in [1.29, 1.82) is 0 Å². The lowest BCUT2D eigenvalue weighted by Crippen LogP contribution is -2.08. The SMILES string of the molecule is C=CC1=CCC(c2ccc(-c3ccc(CCCCC)c(F)c3F)c(F)c2F)CC1. The number of allylic oxidation sites excluding steroid dienone is 3. The first-order chi connectivity index (χ1) is 14.0. The topological polar surface area (TPSA) is 0 Å². The molecule has 4 heteroatoms. The summed E-state index contributed by atoms with van der Waals surface area (Å²) in [5, 5.41) is 0. The Hall–Kier alpha value is -2.36. The number of aryl methyl sites for hydroxylation is 1. The second-order valence-electron chi connectivity index (χ2n) is 7.64. The third kappa shape index (κ3) is 4.47. The first-order valence-corrected chi connectivity index (χ1v) is 10.2. The quantitative estimate of drug-likeness (QED) is 0.325. The Balaban J connectivity index is 1.90. The smallest absolute Gasteiger partial charge is 0.167 e. The van der Waals surface area contributed by atoms with Crippen LogP contribution in [0, 0.1) is 23.3 Å². The number of rotatable bonds is 7. The van der Waals surface area contributed by atoms with Gasteiger partial charge in [-0.15, -0.1) is 0 Å². The number of hydrogen-bond acceptors (Lipinski definition) is 0. The van der Waals surface area contributed by atoms with E-state index in [1.807, 2.05) is 13.0 Å². The molecule has 154 valence electrons. The van der Waals surface area contributed by atoms with Crippen molar-refractivity contribution in [1.82, 2.24) is 0 Å². The van der Waals surface area contributed by atoms with Crippen molar-refractivity contribution >= 4 is 0 Å². The third-order valence-corrected chi connectivity index (χ3v) is 5.76. The zero-order valence-electron chi connectivity index (χ0n) is 16.7. The van der Waals surface area contributed by atoms with E-state index in [1.54, 1.807) is 6.08 Å². The van der Waals surface area contributed by atoms with Gasteiger partial charge in [-0.1, -0.05) is 68.3 Å². The molecule has 0 bridgehead atoms. The zero-order valence-corrected chi connectivity index (χ0v) is 16.7. The van der Waals surface area contributed by atoms with E-state index in [-0.39, 0.29) is 28.2 Å². The van der Waals surface area contributed by atoms with E-state index in [9.17, 15) is 17.6 Å². The molecule has 0 aliphatic heterocycles. The average Bonchev–Trinajstić information content (AvgIpc) is 2.74. The summed E-state index contributed by atoms with van der Waals surface area (Å²) >= 11 is 0. The molecule has 0 spiro atoms. The van der Waals surface area contributed by atoms with Crippen molar-refractivity contribution in [3.05, 3.63) is 83.0 Å². The monoisotopic (exact) mass is 402 g/mol. The summed E-state index contributed by atoms with van der Waals surface area (Å²) in [4.78, 5) is 0. The second kappa shape index (κ2) is 9.43. The molecule has 0 N–H and O–H groups in total. The normalized spacial score (nSPS) is 16.6. The Labute approximate surface area is 170 Å². The van der Waals surface area contributed by atoms with Crippen LogP contribution < -0.4 is 0 Å². The molecular weight excluding hydrogens is 376 g/mol. The van der Waals surface area contributed by atoms with Crippen molar-refractivity contribution in [2.45, 2.75) is 57.8 Å². The molecule has 0 amide bonds. The lowest BCUT2D eigenvalue weighted by Gasteiger charge is -2.22. The van der Waals surface area contributed by atoms with Crippen molar-refractivity contribution in [2.75, 3.05) is 0 Å². The highest BCUT2D eigenvalue weighted by atomic mass is 19.2. The van der Waals surface area contributed by atoms with Gasteiger partial charge in [-0.05, 0) is 49.1 Å². The molecule has 0 radical (unpaired) electrons. The van der Waals surface area contributed by atoms with E-state index >= 15 is 0 Å². The lowest BCUT2D eigenvalue weighted by atomic mass is 9.83. The Morgan fingerprint density at radius 1 is 0.931 bits per heavy atom. The first-order valence-electron chi connectivity index (χ1n) is 10.2. The summed E-state index contributed by atoms with van der Waals surface area (Å²) in [6.07, 6.45) is 8.91. The Morgan fingerprint density at radius 2 is 1.62 bits per heavy atom. The Bertz CT molecular complexity index is 927. The largest absolute Gasteiger partial charge is 0.203 e. The van der Waals surface area contributed by atoms with E-state index in [4.69, 9.17) is 0 Å². The zero-order chi connectivity index (χ0) is 21.0. The van der Waals surface area contributed by atoms with E-state index in [0.29, 0.717) is 19.3 Å².